The number of non-ortho nitro benzene ring substituents is 1. The quantitative estimate of drug-likeness (QED) is 0.180. The van der Waals surface area contributed by atoms with Gasteiger partial charge in [-0.1, -0.05) is 42.5 Å². The van der Waals surface area contributed by atoms with E-state index in [1.54, 1.807) is 48.5 Å². The second-order valence-corrected chi connectivity index (χ2v) is 7.12. The Morgan fingerprint density at radius 1 is 0.939 bits per heavy atom. The standard InChI is InChI=1S/C24H14N4O5/c29-23-18-8-4-5-9-19(18)25-21-14-20(22(26-27(21)23)15-6-2-1-3-7-15)33-24(30)16-10-12-17(13-11-16)28(31)32/h1-14H. The molecule has 9 nitrogen and oxygen atoms in total. The van der Waals surface area contributed by atoms with Gasteiger partial charge < -0.3 is 4.74 Å². The van der Waals surface area contributed by atoms with Gasteiger partial charge in [-0.3, -0.25) is 14.9 Å². The van der Waals surface area contributed by atoms with Crippen molar-refractivity contribution in [1.29, 1.82) is 0 Å². The maximum atomic E-state index is 13.0. The Balaban J connectivity index is 1.66. The molecule has 0 N–H and O–H groups in total. The van der Waals surface area contributed by atoms with E-state index in [-0.39, 0.29) is 33.9 Å². The number of esters is 1. The summed E-state index contributed by atoms with van der Waals surface area (Å²) < 4.78 is 6.79. The number of fused-ring (bicyclic) bond motifs is 2. The Morgan fingerprint density at radius 2 is 1.64 bits per heavy atom. The zero-order chi connectivity index (χ0) is 22.9. The van der Waals surface area contributed by atoms with E-state index >= 15 is 0 Å². The molecule has 0 saturated heterocycles. The van der Waals surface area contributed by atoms with Gasteiger partial charge in [0.15, 0.2) is 11.4 Å². The van der Waals surface area contributed by atoms with Crippen LogP contribution in [0.4, 0.5) is 5.69 Å². The molecule has 0 saturated carbocycles. The van der Waals surface area contributed by atoms with Crippen LogP contribution in [0, 0.1) is 10.1 Å². The summed E-state index contributed by atoms with van der Waals surface area (Å²) >= 11 is 0. The number of nitro benzene ring substituents is 1. The summed E-state index contributed by atoms with van der Waals surface area (Å²) in [6, 6.07) is 22.4. The highest BCUT2D eigenvalue weighted by Gasteiger charge is 2.18. The molecule has 2 heterocycles. The summed E-state index contributed by atoms with van der Waals surface area (Å²) in [6.45, 7) is 0. The molecule has 0 aliphatic carbocycles. The highest BCUT2D eigenvalue weighted by atomic mass is 16.6. The van der Waals surface area contributed by atoms with Crippen molar-refractivity contribution >= 4 is 28.2 Å². The second kappa shape index (κ2) is 7.97. The van der Waals surface area contributed by atoms with Crippen molar-refractivity contribution in [2.45, 2.75) is 0 Å². The van der Waals surface area contributed by atoms with Gasteiger partial charge >= 0.3 is 5.97 Å². The fourth-order valence-electron chi connectivity index (χ4n) is 3.42. The summed E-state index contributed by atoms with van der Waals surface area (Å²) in [7, 11) is 0. The van der Waals surface area contributed by atoms with Crippen molar-refractivity contribution in [3.63, 3.8) is 0 Å². The Bertz CT molecular complexity index is 1600. The first-order valence-corrected chi connectivity index (χ1v) is 9.86. The van der Waals surface area contributed by atoms with E-state index in [4.69, 9.17) is 4.74 Å². The summed E-state index contributed by atoms with van der Waals surface area (Å²) in [5.41, 5.74) is 1.25. The van der Waals surface area contributed by atoms with E-state index in [2.05, 4.69) is 10.1 Å². The van der Waals surface area contributed by atoms with E-state index in [1.807, 2.05) is 6.07 Å². The third-order valence-corrected chi connectivity index (χ3v) is 5.04. The number of hydrogen-bond donors (Lipinski definition) is 0. The van der Waals surface area contributed by atoms with Gasteiger partial charge in [-0.2, -0.15) is 9.61 Å². The first-order chi connectivity index (χ1) is 16.0. The molecule has 0 spiro atoms. The third-order valence-electron chi connectivity index (χ3n) is 5.04. The fourth-order valence-corrected chi connectivity index (χ4v) is 3.42. The summed E-state index contributed by atoms with van der Waals surface area (Å²) in [6.07, 6.45) is 0. The van der Waals surface area contributed by atoms with Crippen molar-refractivity contribution in [3.05, 3.63) is 111 Å². The molecule has 0 unspecified atom stereocenters. The molecule has 5 aromatic rings. The van der Waals surface area contributed by atoms with Crippen LogP contribution >= 0.6 is 0 Å². The number of benzene rings is 3. The van der Waals surface area contributed by atoms with Crippen molar-refractivity contribution in [2.24, 2.45) is 0 Å². The van der Waals surface area contributed by atoms with Crippen LogP contribution in [0.3, 0.4) is 0 Å². The highest BCUT2D eigenvalue weighted by molar-refractivity contribution is 5.92. The van der Waals surface area contributed by atoms with Gasteiger partial charge in [-0.25, -0.2) is 9.78 Å². The molecular formula is C24H14N4O5. The van der Waals surface area contributed by atoms with Crippen molar-refractivity contribution < 1.29 is 14.5 Å². The number of ether oxygens (including phenoxy) is 1. The van der Waals surface area contributed by atoms with E-state index in [9.17, 15) is 19.7 Å². The Morgan fingerprint density at radius 3 is 2.36 bits per heavy atom. The van der Waals surface area contributed by atoms with Crippen LogP contribution in [0.2, 0.25) is 0 Å². The van der Waals surface area contributed by atoms with Crippen LogP contribution in [0.1, 0.15) is 10.4 Å². The Hall–Kier alpha value is -4.92. The molecular weight excluding hydrogens is 424 g/mol. The minimum absolute atomic E-state index is 0.103. The largest absolute Gasteiger partial charge is 0.420 e. The van der Waals surface area contributed by atoms with E-state index in [1.165, 1.54) is 34.8 Å². The minimum atomic E-state index is -0.726. The highest BCUT2D eigenvalue weighted by Crippen LogP contribution is 2.29. The van der Waals surface area contributed by atoms with Crippen LogP contribution in [0.15, 0.2) is 89.7 Å². The van der Waals surface area contributed by atoms with Gasteiger partial charge in [0.05, 0.1) is 21.4 Å². The average Bonchev–Trinajstić information content (AvgIpc) is 2.84. The molecule has 9 heteroatoms. The molecule has 2 aromatic heterocycles. The average molecular weight is 438 g/mol. The number of hydrogen-bond acceptors (Lipinski definition) is 7. The van der Waals surface area contributed by atoms with E-state index in [0.717, 1.165) is 0 Å². The number of aromatic nitrogens is 3. The summed E-state index contributed by atoms with van der Waals surface area (Å²) in [5, 5.41) is 15.7. The first kappa shape index (κ1) is 20.0. The third kappa shape index (κ3) is 3.68. The zero-order valence-corrected chi connectivity index (χ0v) is 16.9. The lowest BCUT2D eigenvalue weighted by Crippen LogP contribution is -2.19. The van der Waals surface area contributed by atoms with Crippen LogP contribution < -0.4 is 10.3 Å². The smallest absolute Gasteiger partial charge is 0.343 e. The minimum Gasteiger partial charge on any atom is -0.420 e. The maximum Gasteiger partial charge on any atom is 0.343 e. The lowest BCUT2D eigenvalue weighted by Gasteiger charge is -2.12. The molecule has 0 aliphatic heterocycles. The Kier molecular flexibility index (Phi) is 4.83. The SMILES string of the molecule is O=C(Oc1cc2nc3ccccc3c(=O)n2nc1-c1ccccc1)c1ccc([N+](=O)[O-])cc1. The number of rotatable bonds is 4. The molecule has 0 radical (unpaired) electrons. The van der Waals surface area contributed by atoms with Gasteiger partial charge in [-0.15, -0.1) is 0 Å². The van der Waals surface area contributed by atoms with Gasteiger partial charge in [0.2, 0.25) is 0 Å². The number of para-hydroxylation sites is 1. The topological polar surface area (TPSA) is 117 Å². The molecule has 0 atom stereocenters. The van der Waals surface area contributed by atoms with Gasteiger partial charge in [0, 0.05) is 23.8 Å². The van der Waals surface area contributed by atoms with Crippen LogP contribution in [0.25, 0.3) is 27.8 Å². The monoisotopic (exact) mass is 438 g/mol. The second-order valence-electron chi connectivity index (χ2n) is 7.12. The lowest BCUT2D eigenvalue weighted by atomic mass is 10.1. The van der Waals surface area contributed by atoms with Crippen LogP contribution in [-0.4, -0.2) is 25.5 Å². The van der Waals surface area contributed by atoms with Gasteiger partial charge in [0.1, 0.15) is 5.69 Å². The normalized spacial score (nSPS) is 10.9. The number of nitro groups is 1. The van der Waals surface area contributed by atoms with Crippen molar-refractivity contribution in [3.8, 4) is 17.0 Å². The molecule has 0 bridgehead atoms. The summed E-state index contributed by atoms with van der Waals surface area (Å²) in [5.74, 6) is -0.622. The van der Waals surface area contributed by atoms with Crippen molar-refractivity contribution in [2.75, 3.05) is 0 Å². The molecule has 0 amide bonds. The number of nitrogens with zero attached hydrogens (tertiary/aromatic N) is 4. The maximum absolute atomic E-state index is 13.0. The predicted octanol–water partition coefficient (Wildman–Crippen LogP) is 4.04. The fraction of sp³-hybridized carbons (Fsp3) is 0. The van der Waals surface area contributed by atoms with Gasteiger partial charge in [0.25, 0.3) is 11.2 Å². The molecule has 33 heavy (non-hydrogen) atoms. The molecule has 0 aliphatic rings. The predicted molar refractivity (Wildman–Crippen MR) is 120 cm³/mol. The zero-order valence-electron chi connectivity index (χ0n) is 16.9. The molecule has 5 rings (SSSR count). The van der Waals surface area contributed by atoms with E-state index in [0.29, 0.717) is 16.5 Å². The molecule has 3 aromatic carbocycles. The summed E-state index contributed by atoms with van der Waals surface area (Å²) in [4.78, 5) is 40.6. The van der Waals surface area contributed by atoms with Crippen LogP contribution in [-0.2, 0) is 0 Å². The lowest BCUT2D eigenvalue weighted by molar-refractivity contribution is -0.384. The number of carbonyl (C=O) groups excluding carboxylic acids is 1. The van der Waals surface area contributed by atoms with E-state index < -0.39 is 10.9 Å². The van der Waals surface area contributed by atoms with Crippen LogP contribution in [0.5, 0.6) is 5.75 Å². The Labute approximate surface area is 185 Å². The van der Waals surface area contributed by atoms with Gasteiger partial charge in [-0.05, 0) is 24.3 Å². The molecule has 0 fully saturated rings. The van der Waals surface area contributed by atoms with Crippen molar-refractivity contribution in [1.82, 2.24) is 14.6 Å². The number of carbonyl (C=O) groups is 1. The molecule has 160 valence electrons. The first-order valence-electron chi connectivity index (χ1n) is 9.86.